The quantitative estimate of drug-likeness (QED) is 0.391. The molecule has 2 saturated heterocycles. The van der Waals surface area contributed by atoms with Crippen LogP contribution < -0.4 is 14.8 Å². The number of nitrogens with one attached hydrogen (secondary N) is 1. The molecule has 8 nitrogen and oxygen atoms in total. The fourth-order valence-electron chi connectivity index (χ4n) is 5.99. The molecule has 0 unspecified atom stereocenters. The fourth-order valence-corrected chi connectivity index (χ4v) is 6.26. The van der Waals surface area contributed by atoms with Gasteiger partial charge in [-0.05, 0) is 36.6 Å². The number of hydrogen-bond acceptors (Lipinski definition) is 6. The molecule has 0 radical (unpaired) electrons. The van der Waals surface area contributed by atoms with Crippen molar-refractivity contribution in [2.24, 2.45) is 0 Å². The molecule has 1 spiro atoms. The molecule has 0 bridgehead atoms. The number of nitrogens with zero attached hydrogens (tertiary/aromatic N) is 2. The van der Waals surface area contributed by atoms with E-state index in [4.69, 9.17) is 21.1 Å². The van der Waals surface area contributed by atoms with Crippen molar-refractivity contribution in [3.8, 4) is 11.5 Å². The highest BCUT2D eigenvalue weighted by Gasteiger charge is 2.73. The third-order valence-electron chi connectivity index (χ3n) is 7.08. The van der Waals surface area contributed by atoms with Gasteiger partial charge in [-0.3, -0.25) is 19.8 Å². The summed E-state index contributed by atoms with van der Waals surface area (Å²) in [6.45, 7) is 4.50. The number of carbonyl (C=O) groups is 1. The Balaban J connectivity index is 1.70. The van der Waals surface area contributed by atoms with Gasteiger partial charge in [-0.1, -0.05) is 42.5 Å². The normalized spacial score (nSPS) is 27.8. The van der Waals surface area contributed by atoms with Crippen LogP contribution >= 0.6 is 11.6 Å². The summed E-state index contributed by atoms with van der Waals surface area (Å²) in [7, 11) is 1.50. The van der Waals surface area contributed by atoms with E-state index in [1.807, 2.05) is 23.1 Å². The molecule has 33 heavy (non-hydrogen) atoms. The van der Waals surface area contributed by atoms with Gasteiger partial charge in [0.2, 0.25) is 0 Å². The van der Waals surface area contributed by atoms with Crippen LogP contribution in [0.1, 0.15) is 29.9 Å². The van der Waals surface area contributed by atoms with Gasteiger partial charge in [0, 0.05) is 28.8 Å². The minimum Gasteiger partial charge on any atom is -0.493 e. The summed E-state index contributed by atoms with van der Waals surface area (Å²) in [5.41, 5.74) is 0.582. The highest BCUT2D eigenvalue weighted by Crippen LogP contribution is 2.58. The van der Waals surface area contributed by atoms with Crippen LogP contribution in [0.5, 0.6) is 11.5 Å². The van der Waals surface area contributed by atoms with E-state index in [-0.39, 0.29) is 23.5 Å². The molecule has 0 saturated carbocycles. The van der Waals surface area contributed by atoms with Crippen molar-refractivity contribution in [2.75, 3.05) is 25.6 Å². The molecule has 1 N–H and O–H groups in total. The molecule has 9 heteroatoms. The van der Waals surface area contributed by atoms with E-state index in [0.29, 0.717) is 39.9 Å². The van der Waals surface area contributed by atoms with Crippen LogP contribution in [0.3, 0.4) is 0 Å². The molecular formula is C24H24ClN3O5. The highest BCUT2D eigenvalue weighted by atomic mass is 35.5. The summed E-state index contributed by atoms with van der Waals surface area (Å²) < 4.78 is 11.2. The van der Waals surface area contributed by atoms with Crippen molar-refractivity contribution in [2.45, 2.75) is 36.4 Å². The number of anilines is 1. The molecule has 2 fully saturated rings. The lowest BCUT2D eigenvalue weighted by molar-refractivity contribution is -0.534. The van der Waals surface area contributed by atoms with E-state index >= 15 is 0 Å². The van der Waals surface area contributed by atoms with Crippen molar-refractivity contribution in [1.29, 1.82) is 0 Å². The fraction of sp³-hybridized carbons (Fsp3) is 0.375. The monoisotopic (exact) mass is 469 g/mol. The molecule has 0 aliphatic carbocycles. The second-order valence-electron chi connectivity index (χ2n) is 8.56. The van der Waals surface area contributed by atoms with Crippen molar-refractivity contribution < 1.29 is 19.2 Å². The molecule has 0 aromatic heterocycles. The first kappa shape index (κ1) is 21.7. The van der Waals surface area contributed by atoms with Crippen LogP contribution in [0.15, 0.2) is 49.1 Å². The average Bonchev–Trinajstić information content (AvgIpc) is 3.45. The second kappa shape index (κ2) is 8.04. The SMILES string of the molecule is C=CCOc1c(Cl)cc([C@H]2[C@H]([N+](=O)[O-])[C@@]3(C(=O)Nc4ccccc43)N3CCC[C@@H]23)cc1OC. The summed E-state index contributed by atoms with van der Waals surface area (Å²) in [5, 5.41) is 15.9. The van der Waals surface area contributed by atoms with Gasteiger partial charge in [0.25, 0.3) is 11.9 Å². The number of para-hydroxylation sites is 1. The van der Waals surface area contributed by atoms with Crippen LogP contribution in [0.25, 0.3) is 0 Å². The first-order valence-corrected chi connectivity index (χ1v) is 11.2. The van der Waals surface area contributed by atoms with E-state index in [1.165, 1.54) is 7.11 Å². The van der Waals surface area contributed by atoms with Gasteiger partial charge in [-0.2, -0.15) is 0 Å². The largest absolute Gasteiger partial charge is 0.493 e. The number of amides is 1. The second-order valence-corrected chi connectivity index (χ2v) is 8.97. The maximum Gasteiger partial charge on any atom is 0.256 e. The van der Waals surface area contributed by atoms with Crippen molar-refractivity contribution in [3.05, 3.63) is 75.3 Å². The van der Waals surface area contributed by atoms with Crippen molar-refractivity contribution in [3.63, 3.8) is 0 Å². The van der Waals surface area contributed by atoms with Gasteiger partial charge in [-0.25, -0.2) is 0 Å². The number of rotatable bonds is 6. The van der Waals surface area contributed by atoms with E-state index < -0.39 is 17.5 Å². The molecule has 2 aromatic carbocycles. The zero-order valence-electron chi connectivity index (χ0n) is 18.1. The summed E-state index contributed by atoms with van der Waals surface area (Å²) in [6.07, 6.45) is 3.20. The molecule has 172 valence electrons. The van der Waals surface area contributed by atoms with E-state index in [2.05, 4.69) is 11.9 Å². The van der Waals surface area contributed by atoms with Gasteiger partial charge < -0.3 is 14.8 Å². The molecule has 1 amide bonds. The third kappa shape index (κ3) is 2.97. The predicted molar refractivity (Wildman–Crippen MR) is 124 cm³/mol. The number of fused-ring (bicyclic) bond motifs is 4. The molecule has 3 aliphatic rings. The maximum absolute atomic E-state index is 13.5. The Bertz CT molecular complexity index is 1150. The Morgan fingerprint density at radius 1 is 1.39 bits per heavy atom. The first-order chi connectivity index (χ1) is 15.9. The summed E-state index contributed by atoms with van der Waals surface area (Å²) >= 11 is 6.56. The summed E-state index contributed by atoms with van der Waals surface area (Å²) in [6, 6.07) is 9.34. The minimum absolute atomic E-state index is 0.182. The van der Waals surface area contributed by atoms with Crippen LogP contribution in [0.2, 0.25) is 5.02 Å². The minimum atomic E-state index is -1.37. The van der Waals surface area contributed by atoms with Crippen LogP contribution in [-0.4, -0.2) is 48.1 Å². The number of ether oxygens (including phenoxy) is 2. The van der Waals surface area contributed by atoms with Crippen molar-refractivity contribution in [1.82, 2.24) is 4.90 Å². The summed E-state index contributed by atoms with van der Waals surface area (Å²) in [4.78, 5) is 27.9. The number of benzene rings is 2. The lowest BCUT2D eigenvalue weighted by Crippen LogP contribution is -2.55. The maximum atomic E-state index is 13.5. The zero-order chi connectivity index (χ0) is 23.3. The lowest BCUT2D eigenvalue weighted by atomic mass is 9.77. The number of methoxy groups -OCH3 is 1. The smallest absolute Gasteiger partial charge is 0.256 e. The van der Waals surface area contributed by atoms with Crippen LogP contribution in [-0.2, 0) is 10.3 Å². The average molecular weight is 470 g/mol. The first-order valence-electron chi connectivity index (χ1n) is 10.9. The van der Waals surface area contributed by atoms with Gasteiger partial charge in [-0.15, -0.1) is 0 Å². The Hall–Kier alpha value is -3.10. The van der Waals surface area contributed by atoms with E-state index in [0.717, 1.165) is 12.8 Å². The van der Waals surface area contributed by atoms with Gasteiger partial charge in [0.15, 0.2) is 17.0 Å². The van der Waals surface area contributed by atoms with Gasteiger partial charge >= 0.3 is 0 Å². The summed E-state index contributed by atoms with van der Waals surface area (Å²) in [5.74, 6) is -0.147. The standard InChI is InChI=1S/C24H24ClN3O5/c1-3-11-33-21-16(25)12-14(13-19(21)32-2)20-18-9-6-10-27(18)24(22(20)28(30)31)15-7-4-5-8-17(15)26-23(24)29/h3-5,7-8,12-13,18,20,22H,1,6,9-11H2,2H3,(H,26,29)/t18-,20+,22-,24-/m0/s1. The molecule has 5 rings (SSSR count). The number of hydrogen-bond donors (Lipinski definition) is 1. The van der Waals surface area contributed by atoms with Crippen LogP contribution in [0, 0.1) is 10.1 Å². The van der Waals surface area contributed by atoms with Crippen molar-refractivity contribution >= 4 is 23.2 Å². The van der Waals surface area contributed by atoms with E-state index in [9.17, 15) is 14.9 Å². The predicted octanol–water partition coefficient (Wildman–Crippen LogP) is 3.97. The van der Waals surface area contributed by atoms with E-state index in [1.54, 1.807) is 24.3 Å². The molecular weight excluding hydrogens is 446 g/mol. The molecule has 4 atom stereocenters. The molecule has 3 heterocycles. The Labute approximate surface area is 196 Å². The molecule has 2 aromatic rings. The number of nitro groups is 1. The lowest BCUT2D eigenvalue weighted by Gasteiger charge is -2.32. The molecule has 3 aliphatic heterocycles. The van der Waals surface area contributed by atoms with Crippen LogP contribution in [0.4, 0.5) is 5.69 Å². The number of halogens is 1. The zero-order valence-corrected chi connectivity index (χ0v) is 18.9. The Morgan fingerprint density at radius 2 is 2.18 bits per heavy atom. The highest BCUT2D eigenvalue weighted by molar-refractivity contribution is 6.32. The Morgan fingerprint density at radius 3 is 2.91 bits per heavy atom. The topological polar surface area (TPSA) is 93.9 Å². The third-order valence-corrected chi connectivity index (χ3v) is 7.36. The number of carbonyl (C=O) groups excluding carboxylic acids is 1. The van der Waals surface area contributed by atoms with Gasteiger partial charge in [0.05, 0.1) is 18.1 Å². The Kier molecular flexibility index (Phi) is 5.29. The van der Waals surface area contributed by atoms with Gasteiger partial charge in [0.1, 0.15) is 6.61 Å².